The molecule has 0 atom stereocenters. The van der Waals surface area contributed by atoms with E-state index in [0.717, 1.165) is 9.26 Å². The van der Waals surface area contributed by atoms with E-state index < -0.39 is 9.84 Å². The molecule has 84 valence electrons. The van der Waals surface area contributed by atoms with Crippen molar-refractivity contribution in [3.63, 3.8) is 0 Å². The van der Waals surface area contributed by atoms with Crippen LogP contribution in [-0.4, -0.2) is 26.5 Å². The molecule has 1 N–H and O–H groups in total. The Morgan fingerprint density at radius 1 is 1.33 bits per heavy atom. The molecule has 0 heterocycles. The normalized spacial score (nSPS) is 11.3. The van der Waals surface area contributed by atoms with Crippen molar-refractivity contribution in [3.05, 3.63) is 27.8 Å². The van der Waals surface area contributed by atoms with E-state index in [1.807, 2.05) is 24.3 Å². The van der Waals surface area contributed by atoms with Crippen molar-refractivity contribution in [2.24, 2.45) is 0 Å². The lowest BCUT2D eigenvalue weighted by Gasteiger charge is -2.07. The van der Waals surface area contributed by atoms with Crippen molar-refractivity contribution in [2.75, 3.05) is 23.4 Å². The lowest BCUT2D eigenvalue weighted by molar-refractivity contribution is 0.597. The number of nitrogens with one attached hydrogen (secondary N) is 1. The van der Waals surface area contributed by atoms with Crippen molar-refractivity contribution >= 4 is 38.1 Å². The second-order valence-corrected chi connectivity index (χ2v) is 6.78. The topological polar surface area (TPSA) is 46.2 Å². The molecule has 0 saturated heterocycles. The Kier molecular flexibility index (Phi) is 4.85. The monoisotopic (exact) mass is 339 g/mol. The zero-order valence-corrected chi connectivity index (χ0v) is 11.5. The quantitative estimate of drug-likeness (QED) is 0.836. The Bertz CT molecular complexity index is 417. The summed E-state index contributed by atoms with van der Waals surface area (Å²) >= 11 is 2.22. The highest BCUT2D eigenvalue weighted by Gasteiger charge is 2.06. The summed E-state index contributed by atoms with van der Waals surface area (Å²) in [7, 11) is -2.87. The molecule has 0 aromatic heterocycles. The fourth-order valence-corrected chi connectivity index (χ4v) is 2.37. The van der Waals surface area contributed by atoms with E-state index in [-0.39, 0.29) is 11.5 Å². The van der Waals surface area contributed by atoms with Crippen molar-refractivity contribution in [1.29, 1.82) is 0 Å². The van der Waals surface area contributed by atoms with Gasteiger partial charge in [-0.15, -0.1) is 0 Å². The molecule has 0 aliphatic carbocycles. The zero-order valence-electron chi connectivity index (χ0n) is 8.53. The maximum atomic E-state index is 11.2. The van der Waals surface area contributed by atoms with Crippen LogP contribution in [0.15, 0.2) is 24.3 Å². The van der Waals surface area contributed by atoms with Crippen molar-refractivity contribution in [1.82, 2.24) is 0 Å². The first-order valence-electron chi connectivity index (χ1n) is 4.74. The Morgan fingerprint density at radius 3 is 2.60 bits per heavy atom. The lowest BCUT2D eigenvalue weighted by Crippen LogP contribution is -2.17. The molecule has 0 amide bonds. The SMILES string of the molecule is CCS(=O)(=O)CCNc1ccccc1I. The average molecular weight is 339 g/mol. The van der Waals surface area contributed by atoms with E-state index in [2.05, 4.69) is 27.9 Å². The second-order valence-electron chi connectivity index (χ2n) is 3.14. The standard InChI is InChI=1S/C10H14INO2S/c1-2-15(13,14)8-7-12-10-6-4-3-5-9(10)11/h3-6,12H,2,7-8H2,1H3. The molecule has 1 aromatic rings. The molecule has 0 radical (unpaired) electrons. The maximum Gasteiger partial charge on any atom is 0.151 e. The van der Waals surface area contributed by atoms with Gasteiger partial charge in [0.05, 0.1) is 5.75 Å². The van der Waals surface area contributed by atoms with E-state index in [9.17, 15) is 8.42 Å². The minimum Gasteiger partial charge on any atom is -0.383 e. The van der Waals surface area contributed by atoms with Crippen molar-refractivity contribution in [3.8, 4) is 0 Å². The van der Waals surface area contributed by atoms with Crippen LogP contribution in [0, 0.1) is 3.57 Å². The van der Waals surface area contributed by atoms with Gasteiger partial charge in [-0.2, -0.15) is 0 Å². The number of hydrogen-bond donors (Lipinski definition) is 1. The third kappa shape index (κ3) is 4.38. The number of benzene rings is 1. The first-order chi connectivity index (χ1) is 7.05. The highest BCUT2D eigenvalue weighted by molar-refractivity contribution is 14.1. The zero-order chi connectivity index (χ0) is 11.3. The minimum absolute atomic E-state index is 0.189. The summed E-state index contributed by atoms with van der Waals surface area (Å²) in [4.78, 5) is 0. The average Bonchev–Trinajstić information content (AvgIpc) is 2.21. The van der Waals surface area contributed by atoms with Crippen LogP contribution < -0.4 is 5.32 Å². The fraction of sp³-hybridized carbons (Fsp3) is 0.400. The van der Waals surface area contributed by atoms with Gasteiger partial charge in [-0.1, -0.05) is 19.1 Å². The first-order valence-corrected chi connectivity index (χ1v) is 7.64. The molecule has 0 aliphatic heterocycles. The number of para-hydroxylation sites is 1. The van der Waals surface area contributed by atoms with Crippen LogP contribution >= 0.6 is 22.6 Å². The van der Waals surface area contributed by atoms with Crippen LogP contribution in [0.5, 0.6) is 0 Å². The molecule has 0 saturated carbocycles. The summed E-state index contributed by atoms with van der Waals surface area (Å²) in [5.74, 6) is 0.398. The molecule has 0 spiro atoms. The summed E-state index contributed by atoms with van der Waals surface area (Å²) in [6, 6.07) is 7.81. The Balaban J connectivity index is 2.49. The number of sulfone groups is 1. The predicted octanol–water partition coefficient (Wildman–Crippen LogP) is 2.14. The molecule has 0 fully saturated rings. The van der Waals surface area contributed by atoms with Crippen LogP contribution in [0.2, 0.25) is 0 Å². The lowest BCUT2D eigenvalue weighted by atomic mass is 10.3. The van der Waals surface area contributed by atoms with Gasteiger partial charge in [0.1, 0.15) is 0 Å². The molecule has 0 aliphatic rings. The van der Waals surface area contributed by atoms with Crippen LogP contribution in [0.1, 0.15) is 6.92 Å². The van der Waals surface area contributed by atoms with Gasteiger partial charge in [0.2, 0.25) is 0 Å². The summed E-state index contributed by atoms with van der Waals surface area (Å²) in [5.41, 5.74) is 0.990. The van der Waals surface area contributed by atoms with Gasteiger partial charge in [0, 0.05) is 21.6 Å². The molecule has 0 unspecified atom stereocenters. The molecule has 5 heteroatoms. The van der Waals surface area contributed by atoms with E-state index >= 15 is 0 Å². The molecular formula is C10H14INO2S. The van der Waals surface area contributed by atoms with Crippen LogP contribution in [0.3, 0.4) is 0 Å². The van der Waals surface area contributed by atoms with Gasteiger partial charge in [0.25, 0.3) is 0 Å². The smallest absolute Gasteiger partial charge is 0.151 e. The third-order valence-corrected chi connectivity index (χ3v) is 4.69. The largest absolute Gasteiger partial charge is 0.383 e. The van der Waals surface area contributed by atoms with Crippen LogP contribution in [-0.2, 0) is 9.84 Å². The summed E-state index contributed by atoms with van der Waals surface area (Å²) in [6.45, 7) is 2.14. The third-order valence-electron chi connectivity index (χ3n) is 2.04. The van der Waals surface area contributed by atoms with Gasteiger partial charge in [-0.05, 0) is 34.7 Å². The van der Waals surface area contributed by atoms with Gasteiger partial charge in [0.15, 0.2) is 9.84 Å². The number of anilines is 1. The number of hydrogen-bond acceptors (Lipinski definition) is 3. The molecule has 1 rings (SSSR count). The van der Waals surface area contributed by atoms with E-state index in [1.54, 1.807) is 6.92 Å². The fourth-order valence-electron chi connectivity index (χ4n) is 1.09. The van der Waals surface area contributed by atoms with E-state index in [0.29, 0.717) is 6.54 Å². The van der Waals surface area contributed by atoms with Gasteiger partial charge >= 0.3 is 0 Å². The molecule has 15 heavy (non-hydrogen) atoms. The Morgan fingerprint density at radius 2 is 2.00 bits per heavy atom. The van der Waals surface area contributed by atoms with Gasteiger partial charge in [-0.3, -0.25) is 0 Å². The number of halogens is 1. The van der Waals surface area contributed by atoms with Gasteiger partial charge in [-0.25, -0.2) is 8.42 Å². The molecule has 3 nitrogen and oxygen atoms in total. The maximum absolute atomic E-state index is 11.2. The first kappa shape index (κ1) is 12.8. The Labute approximate surface area is 104 Å². The minimum atomic E-state index is -2.87. The highest BCUT2D eigenvalue weighted by atomic mass is 127. The Hall–Kier alpha value is -0.300. The van der Waals surface area contributed by atoms with Crippen molar-refractivity contribution < 1.29 is 8.42 Å². The summed E-state index contributed by atoms with van der Waals surface area (Å²) in [5, 5.41) is 3.12. The predicted molar refractivity (Wildman–Crippen MR) is 72.0 cm³/mol. The van der Waals surface area contributed by atoms with Gasteiger partial charge < -0.3 is 5.32 Å². The summed E-state index contributed by atoms with van der Waals surface area (Å²) < 4.78 is 23.6. The van der Waals surface area contributed by atoms with Crippen molar-refractivity contribution in [2.45, 2.75) is 6.92 Å². The second kappa shape index (κ2) is 5.69. The molecule has 0 bridgehead atoms. The van der Waals surface area contributed by atoms with E-state index in [1.165, 1.54) is 0 Å². The number of rotatable bonds is 5. The summed E-state index contributed by atoms with van der Waals surface area (Å²) in [6.07, 6.45) is 0. The molecular weight excluding hydrogens is 325 g/mol. The molecule has 1 aromatic carbocycles. The van der Waals surface area contributed by atoms with E-state index in [4.69, 9.17) is 0 Å². The van der Waals surface area contributed by atoms with Crippen LogP contribution in [0.25, 0.3) is 0 Å². The highest BCUT2D eigenvalue weighted by Crippen LogP contribution is 2.16. The van der Waals surface area contributed by atoms with Crippen LogP contribution in [0.4, 0.5) is 5.69 Å².